The molecule has 6 nitrogen and oxygen atoms in total. The van der Waals surface area contributed by atoms with Crippen LogP contribution in [-0.4, -0.2) is 40.4 Å². The number of hydrogen-bond acceptors (Lipinski definition) is 5. The summed E-state index contributed by atoms with van der Waals surface area (Å²) in [5.74, 6) is -0.991. The summed E-state index contributed by atoms with van der Waals surface area (Å²) in [6.07, 6.45) is 2.14. The Bertz CT molecular complexity index is 618. The molecular weight excluding hydrogens is 248 g/mol. The van der Waals surface area contributed by atoms with E-state index in [1.807, 2.05) is 4.90 Å². The van der Waals surface area contributed by atoms with Gasteiger partial charge in [0.15, 0.2) is 5.58 Å². The summed E-state index contributed by atoms with van der Waals surface area (Å²) in [6.45, 7) is 0.513. The lowest BCUT2D eigenvalue weighted by atomic mass is 10.2. The Kier molecular flexibility index (Phi) is 2.87. The number of benzene rings is 1. The van der Waals surface area contributed by atoms with Crippen LogP contribution < -0.4 is 4.90 Å². The Balaban J connectivity index is 1.97. The minimum atomic E-state index is -0.991. The van der Waals surface area contributed by atoms with Crippen LogP contribution in [0.25, 0.3) is 11.1 Å². The first kappa shape index (κ1) is 12.0. The quantitative estimate of drug-likeness (QED) is 0.848. The molecule has 0 atom stereocenters. The summed E-state index contributed by atoms with van der Waals surface area (Å²) in [4.78, 5) is 17.2. The smallest absolute Gasteiger partial charge is 0.335 e. The molecule has 19 heavy (non-hydrogen) atoms. The standard InChI is InChI=1S/C13H14N2O4/c16-6-5-15(9-2-3-9)13-14-10-4-1-8(12(17)18)7-11(10)19-13/h1,4,7,9,16H,2-3,5-6H2,(H,17,18). The monoisotopic (exact) mass is 262 g/mol. The fraction of sp³-hybridized carbons (Fsp3) is 0.385. The zero-order valence-electron chi connectivity index (χ0n) is 10.2. The zero-order valence-corrected chi connectivity index (χ0v) is 10.2. The van der Waals surface area contributed by atoms with Crippen molar-refractivity contribution < 1.29 is 19.4 Å². The Morgan fingerprint density at radius 3 is 2.89 bits per heavy atom. The third-order valence-corrected chi connectivity index (χ3v) is 3.20. The van der Waals surface area contributed by atoms with Crippen LogP contribution in [0.15, 0.2) is 22.6 Å². The highest BCUT2D eigenvalue weighted by Crippen LogP contribution is 2.32. The number of nitrogens with zero attached hydrogens (tertiary/aromatic N) is 2. The van der Waals surface area contributed by atoms with Crippen molar-refractivity contribution in [1.29, 1.82) is 0 Å². The molecule has 100 valence electrons. The van der Waals surface area contributed by atoms with Crippen molar-refractivity contribution in [3.8, 4) is 0 Å². The lowest BCUT2D eigenvalue weighted by Crippen LogP contribution is -2.29. The second kappa shape index (κ2) is 4.55. The number of aromatic nitrogens is 1. The van der Waals surface area contributed by atoms with Crippen LogP contribution >= 0.6 is 0 Å². The Hall–Kier alpha value is -2.08. The van der Waals surface area contributed by atoms with Gasteiger partial charge in [-0.25, -0.2) is 4.79 Å². The molecule has 1 aromatic carbocycles. The van der Waals surface area contributed by atoms with E-state index in [1.165, 1.54) is 12.1 Å². The molecule has 1 aliphatic rings. The van der Waals surface area contributed by atoms with Gasteiger partial charge in [-0.2, -0.15) is 4.98 Å². The fourth-order valence-corrected chi connectivity index (χ4v) is 2.10. The van der Waals surface area contributed by atoms with Crippen LogP contribution in [-0.2, 0) is 0 Å². The molecule has 0 unspecified atom stereocenters. The predicted octanol–water partition coefficient (Wildman–Crippen LogP) is 1.49. The van der Waals surface area contributed by atoms with Crippen molar-refractivity contribution in [3.63, 3.8) is 0 Å². The maximum atomic E-state index is 10.9. The number of rotatable bonds is 5. The molecule has 0 aliphatic heterocycles. The minimum absolute atomic E-state index is 0.0373. The SMILES string of the molecule is O=C(O)c1ccc2nc(N(CCO)C3CC3)oc2c1. The number of carboxylic acids is 1. The molecule has 0 bridgehead atoms. The average molecular weight is 262 g/mol. The second-order valence-corrected chi connectivity index (χ2v) is 4.63. The van der Waals surface area contributed by atoms with E-state index in [1.54, 1.807) is 6.07 Å². The van der Waals surface area contributed by atoms with E-state index in [9.17, 15) is 4.79 Å². The molecule has 0 spiro atoms. The van der Waals surface area contributed by atoms with Gasteiger partial charge in [-0.05, 0) is 31.0 Å². The van der Waals surface area contributed by atoms with Gasteiger partial charge in [-0.3, -0.25) is 0 Å². The summed E-state index contributed by atoms with van der Waals surface area (Å²) in [5, 5.41) is 18.0. The van der Waals surface area contributed by atoms with Gasteiger partial charge in [0, 0.05) is 12.6 Å². The Morgan fingerprint density at radius 2 is 2.26 bits per heavy atom. The van der Waals surface area contributed by atoms with Crippen LogP contribution in [0, 0.1) is 0 Å². The molecule has 2 N–H and O–H groups in total. The summed E-state index contributed by atoms with van der Waals surface area (Å²) in [7, 11) is 0. The minimum Gasteiger partial charge on any atom is -0.478 e. The van der Waals surface area contributed by atoms with Gasteiger partial charge >= 0.3 is 5.97 Å². The molecule has 0 amide bonds. The maximum Gasteiger partial charge on any atom is 0.335 e. The first-order valence-electron chi connectivity index (χ1n) is 6.20. The topological polar surface area (TPSA) is 86.8 Å². The van der Waals surface area contributed by atoms with Crippen LogP contribution in [0.5, 0.6) is 0 Å². The van der Waals surface area contributed by atoms with Gasteiger partial charge < -0.3 is 19.5 Å². The van der Waals surface area contributed by atoms with Crippen molar-refractivity contribution in [2.45, 2.75) is 18.9 Å². The summed E-state index contributed by atoms with van der Waals surface area (Å²) in [6, 6.07) is 5.44. The molecule has 2 aromatic rings. The summed E-state index contributed by atoms with van der Waals surface area (Å²) >= 11 is 0. The van der Waals surface area contributed by atoms with E-state index in [-0.39, 0.29) is 12.2 Å². The molecule has 6 heteroatoms. The molecule has 1 aliphatic carbocycles. The molecule has 0 radical (unpaired) electrons. The van der Waals surface area contributed by atoms with Crippen molar-refractivity contribution in [1.82, 2.24) is 4.98 Å². The van der Waals surface area contributed by atoms with Crippen molar-refractivity contribution in [3.05, 3.63) is 23.8 Å². The third-order valence-electron chi connectivity index (χ3n) is 3.20. The fourth-order valence-electron chi connectivity index (χ4n) is 2.10. The lowest BCUT2D eigenvalue weighted by molar-refractivity contribution is 0.0697. The van der Waals surface area contributed by atoms with Crippen molar-refractivity contribution in [2.75, 3.05) is 18.1 Å². The molecule has 1 fully saturated rings. The maximum absolute atomic E-state index is 10.9. The molecule has 3 rings (SSSR count). The van der Waals surface area contributed by atoms with Gasteiger partial charge in [-0.1, -0.05) is 0 Å². The van der Waals surface area contributed by atoms with E-state index in [0.29, 0.717) is 29.7 Å². The predicted molar refractivity (Wildman–Crippen MR) is 68.4 cm³/mol. The molecular formula is C13H14N2O4. The lowest BCUT2D eigenvalue weighted by Gasteiger charge is -2.18. The molecule has 1 heterocycles. The average Bonchev–Trinajstić information content (AvgIpc) is 3.13. The molecule has 1 saturated carbocycles. The van der Waals surface area contributed by atoms with Crippen LogP contribution in [0.1, 0.15) is 23.2 Å². The number of carbonyl (C=O) groups is 1. The Labute approximate surface area is 109 Å². The first-order chi connectivity index (χ1) is 9.19. The molecule has 0 saturated heterocycles. The van der Waals surface area contributed by atoms with E-state index in [0.717, 1.165) is 12.8 Å². The van der Waals surface area contributed by atoms with Gasteiger partial charge in [0.25, 0.3) is 6.01 Å². The van der Waals surface area contributed by atoms with Gasteiger partial charge in [-0.15, -0.1) is 0 Å². The highest BCUT2D eigenvalue weighted by molar-refractivity contribution is 5.92. The number of aliphatic hydroxyl groups excluding tert-OH is 1. The van der Waals surface area contributed by atoms with Crippen molar-refractivity contribution >= 4 is 23.1 Å². The molecule has 1 aromatic heterocycles. The highest BCUT2D eigenvalue weighted by Gasteiger charge is 2.31. The van der Waals surface area contributed by atoms with E-state index in [2.05, 4.69) is 4.98 Å². The van der Waals surface area contributed by atoms with Gasteiger partial charge in [0.05, 0.1) is 12.2 Å². The number of aliphatic hydroxyl groups is 1. The number of anilines is 1. The first-order valence-corrected chi connectivity index (χ1v) is 6.20. The number of hydrogen-bond donors (Lipinski definition) is 2. The van der Waals surface area contributed by atoms with Crippen LogP contribution in [0.2, 0.25) is 0 Å². The zero-order chi connectivity index (χ0) is 13.4. The van der Waals surface area contributed by atoms with Gasteiger partial charge in [0.1, 0.15) is 5.52 Å². The normalized spacial score (nSPS) is 14.8. The summed E-state index contributed by atoms with van der Waals surface area (Å²) in [5.41, 5.74) is 1.26. The third kappa shape index (κ3) is 2.26. The second-order valence-electron chi connectivity index (χ2n) is 4.63. The highest BCUT2D eigenvalue weighted by atomic mass is 16.4. The van der Waals surface area contributed by atoms with Crippen molar-refractivity contribution in [2.24, 2.45) is 0 Å². The number of oxazole rings is 1. The van der Waals surface area contributed by atoms with E-state index in [4.69, 9.17) is 14.6 Å². The van der Waals surface area contributed by atoms with Crippen LogP contribution in [0.4, 0.5) is 6.01 Å². The Morgan fingerprint density at radius 1 is 1.47 bits per heavy atom. The number of aromatic carboxylic acids is 1. The van der Waals surface area contributed by atoms with Crippen LogP contribution in [0.3, 0.4) is 0 Å². The number of carboxylic acid groups (broad SMARTS) is 1. The number of fused-ring (bicyclic) bond motifs is 1. The van der Waals surface area contributed by atoms with Gasteiger partial charge in [0.2, 0.25) is 0 Å². The summed E-state index contributed by atoms with van der Waals surface area (Å²) < 4.78 is 5.62. The van der Waals surface area contributed by atoms with E-state index < -0.39 is 5.97 Å². The largest absolute Gasteiger partial charge is 0.478 e. The van der Waals surface area contributed by atoms with E-state index >= 15 is 0 Å².